The number of nitriles is 1. The topological polar surface area (TPSA) is 84.1 Å². The first kappa shape index (κ1) is 21.8. The number of aromatic nitrogens is 1. The molecular formula is C25H25N3O3. The number of methoxy groups -OCH3 is 1. The maximum atomic E-state index is 13.1. The molecule has 0 aliphatic heterocycles. The summed E-state index contributed by atoms with van der Waals surface area (Å²) in [5.41, 5.74) is 4.36. The van der Waals surface area contributed by atoms with Crippen LogP contribution in [0, 0.1) is 31.1 Å². The van der Waals surface area contributed by atoms with Crippen molar-refractivity contribution in [2.75, 3.05) is 12.4 Å². The van der Waals surface area contributed by atoms with Gasteiger partial charge in [-0.3, -0.25) is 9.59 Å². The quantitative estimate of drug-likeness (QED) is 0.451. The second-order valence-electron chi connectivity index (χ2n) is 7.29. The van der Waals surface area contributed by atoms with Crippen LogP contribution in [0.15, 0.2) is 54.6 Å². The Kier molecular flexibility index (Phi) is 6.56. The fourth-order valence-electron chi connectivity index (χ4n) is 3.59. The van der Waals surface area contributed by atoms with E-state index in [0.29, 0.717) is 22.7 Å². The van der Waals surface area contributed by atoms with E-state index in [1.807, 2.05) is 60.9 Å². The van der Waals surface area contributed by atoms with Gasteiger partial charge in [-0.05, 0) is 56.2 Å². The lowest BCUT2D eigenvalue weighted by Crippen LogP contribution is -2.29. The zero-order valence-corrected chi connectivity index (χ0v) is 18.1. The molecule has 1 atom stereocenters. The molecule has 3 aromatic rings. The molecule has 6 nitrogen and oxygen atoms in total. The molecule has 1 heterocycles. The first-order valence-electron chi connectivity index (χ1n) is 10.1. The first-order chi connectivity index (χ1) is 14.9. The van der Waals surface area contributed by atoms with Crippen molar-refractivity contribution in [2.24, 2.45) is 5.92 Å². The first-order valence-corrected chi connectivity index (χ1v) is 10.1. The summed E-state index contributed by atoms with van der Waals surface area (Å²) < 4.78 is 7.20. The van der Waals surface area contributed by atoms with Crippen LogP contribution in [-0.2, 0) is 11.2 Å². The molecule has 31 heavy (non-hydrogen) atoms. The Balaban J connectivity index is 1.88. The van der Waals surface area contributed by atoms with Crippen molar-refractivity contribution < 1.29 is 14.3 Å². The van der Waals surface area contributed by atoms with E-state index in [0.717, 1.165) is 23.4 Å². The predicted molar refractivity (Wildman–Crippen MR) is 120 cm³/mol. The van der Waals surface area contributed by atoms with Gasteiger partial charge in [-0.25, -0.2) is 0 Å². The number of carbonyl (C=O) groups excluding carboxylic acids is 2. The molecule has 2 aromatic carbocycles. The van der Waals surface area contributed by atoms with Crippen LogP contribution in [0.3, 0.4) is 0 Å². The lowest BCUT2D eigenvalue weighted by Gasteiger charge is -2.12. The molecule has 0 bridgehead atoms. The highest BCUT2D eigenvalue weighted by molar-refractivity contribution is 6.16. The third kappa shape index (κ3) is 4.51. The summed E-state index contributed by atoms with van der Waals surface area (Å²) in [5.74, 6) is -1.90. The third-order valence-electron chi connectivity index (χ3n) is 5.29. The van der Waals surface area contributed by atoms with E-state index < -0.39 is 17.6 Å². The minimum Gasteiger partial charge on any atom is -0.497 e. The predicted octanol–water partition coefficient (Wildman–Crippen LogP) is 4.63. The number of amides is 1. The van der Waals surface area contributed by atoms with Gasteiger partial charge in [0.15, 0.2) is 11.7 Å². The van der Waals surface area contributed by atoms with Gasteiger partial charge in [0.05, 0.1) is 13.2 Å². The Bertz CT molecular complexity index is 1150. The molecule has 158 valence electrons. The zero-order valence-electron chi connectivity index (χ0n) is 18.1. The number of ketones is 1. The van der Waals surface area contributed by atoms with Crippen molar-refractivity contribution in [3.63, 3.8) is 0 Å². The van der Waals surface area contributed by atoms with Gasteiger partial charge in [-0.15, -0.1) is 0 Å². The normalized spacial score (nSPS) is 11.5. The second-order valence-corrected chi connectivity index (χ2v) is 7.29. The molecule has 1 unspecified atom stereocenters. The van der Waals surface area contributed by atoms with Crippen molar-refractivity contribution in [2.45, 2.75) is 27.2 Å². The van der Waals surface area contributed by atoms with E-state index in [-0.39, 0.29) is 0 Å². The summed E-state index contributed by atoms with van der Waals surface area (Å²) in [6, 6.07) is 18.4. The summed E-state index contributed by atoms with van der Waals surface area (Å²) in [4.78, 5) is 25.8. The highest BCUT2D eigenvalue weighted by atomic mass is 16.5. The van der Waals surface area contributed by atoms with Crippen molar-refractivity contribution in [3.8, 4) is 17.5 Å². The second kappa shape index (κ2) is 9.31. The smallest absolute Gasteiger partial charge is 0.249 e. The molecule has 0 fully saturated rings. The minimum atomic E-state index is -1.44. The Morgan fingerprint density at radius 1 is 1.13 bits per heavy atom. The number of anilines is 1. The SMILES string of the molecule is CCc1ccc(NC(=O)C(C#N)C(=O)c2cc(C)n(-c3cccc(OC)c3)c2C)cc1. The molecule has 0 saturated heterocycles. The van der Waals surface area contributed by atoms with Gasteiger partial charge in [-0.1, -0.05) is 25.1 Å². The summed E-state index contributed by atoms with van der Waals surface area (Å²) >= 11 is 0. The van der Waals surface area contributed by atoms with Crippen LogP contribution in [0.4, 0.5) is 5.69 Å². The Labute approximate surface area is 182 Å². The number of aryl methyl sites for hydroxylation is 2. The van der Waals surface area contributed by atoms with Gasteiger partial charge in [-0.2, -0.15) is 5.26 Å². The molecule has 0 aliphatic carbocycles. The molecule has 3 rings (SSSR count). The van der Waals surface area contributed by atoms with Gasteiger partial charge >= 0.3 is 0 Å². The molecule has 0 aliphatic rings. The Hall–Kier alpha value is -3.85. The maximum absolute atomic E-state index is 13.1. The molecule has 0 saturated carbocycles. The van der Waals surface area contributed by atoms with Crippen LogP contribution < -0.4 is 10.1 Å². The molecule has 1 amide bonds. The largest absolute Gasteiger partial charge is 0.497 e. The number of carbonyl (C=O) groups is 2. The van der Waals surface area contributed by atoms with Crippen LogP contribution in [0.1, 0.15) is 34.2 Å². The molecular weight excluding hydrogens is 390 g/mol. The van der Waals surface area contributed by atoms with Crippen LogP contribution >= 0.6 is 0 Å². The molecule has 0 radical (unpaired) electrons. The zero-order chi connectivity index (χ0) is 22.5. The minimum absolute atomic E-state index is 0.350. The number of rotatable bonds is 7. The summed E-state index contributed by atoms with van der Waals surface area (Å²) in [5, 5.41) is 12.3. The number of nitrogens with one attached hydrogen (secondary N) is 1. The van der Waals surface area contributed by atoms with Crippen LogP contribution in [0.2, 0.25) is 0 Å². The number of Topliss-reactive ketones (excluding diaryl/α,β-unsaturated/α-hetero) is 1. The van der Waals surface area contributed by atoms with Crippen LogP contribution in [0.25, 0.3) is 5.69 Å². The third-order valence-corrected chi connectivity index (χ3v) is 5.29. The van der Waals surface area contributed by atoms with Gasteiger partial charge in [0.25, 0.3) is 0 Å². The number of hydrogen-bond donors (Lipinski definition) is 1. The average Bonchev–Trinajstić information content (AvgIpc) is 3.08. The molecule has 1 N–H and O–H groups in total. The lowest BCUT2D eigenvalue weighted by molar-refractivity contribution is -0.117. The number of benzene rings is 2. The van der Waals surface area contributed by atoms with E-state index in [1.165, 1.54) is 0 Å². The standard InChI is InChI=1S/C25H25N3O3/c1-5-18-9-11-19(12-10-18)27-25(30)23(15-26)24(29)22-13-16(2)28(17(22)3)20-7-6-8-21(14-20)31-4/h6-14,23H,5H2,1-4H3,(H,27,30). The molecule has 0 spiro atoms. The summed E-state index contributed by atoms with van der Waals surface area (Å²) in [6.07, 6.45) is 0.885. The highest BCUT2D eigenvalue weighted by Crippen LogP contribution is 2.26. The van der Waals surface area contributed by atoms with Crippen molar-refractivity contribution in [1.82, 2.24) is 4.57 Å². The van der Waals surface area contributed by atoms with Crippen molar-refractivity contribution >= 4 is 17.4 Å². The van der Waals surface area contributed by atoms with E-state index >= 15 is 0 Å². The van der Waals surface area contributed by atoms with E-state index in [9.17, 15) is 14.9 Å². The lowest BCUT2D eigenvalue weighted by atomic mass is 9.98. The number of nitrogens with zero attached hydrogens (tertiary/aromatic N) is 2. The highest BCUT2D eigenvalue weighted by Gasteiger charge is 2.30. The van der Waals surface area contributed by atoms with Gasteiger partial charge < -0.3 is 14.6 Å². The Morgan fingerprint density at radius 3 is 2.45 bits per heavy atom. The summed E-state index contributed by atoms with van der Waals surface area (Å²) in [6.45, 7) is 5.72. The summed E-state index contributed by atoms with van der Waals surface area (Å²) in [7, 11) is 1.59. The molecule has 1 aromatic heterocycles. The Morgan fingerprint density at radius 2 is 1.84 bits per heavy atom. The van der Waals surface area contributed by atoms with Gasteiger partial charge in [0, 0.05) is 34.4 Å². The van der Waals surface area contributed by atoms with E-state index in [4.69, 9.17) is 4.74 Å². The number of hydrogen-bond acceptors (Lipinski definition) is 4. The van der Waals surface area contributed by atoms with E-state index in [2.05, 4.69) is 5.32 Å². The molecule has 6 heteroatoms. The van der Waals surface area contributed by atoms with Crippen molar-refractivity contribution in [1.29, 1.82) is 5.26 Å². The monoisotopic (exact) mass is 415 g/mol. The van der Waals surface area contributed by atoms with Gasteiger partial charge in [0.1, 0.15) is 5.75 Å². The van der Waals surface area contributed by atoms with Gasteiger partial charge in [0.2, 0.25) is 5.91 Å². The van der Waals surface area contributed by atoms with Crippen LogP contribution in [0.5, 0.6) is 5.75 Å². The average molecular weight is 415 g/mol. The fraction of sp³-hybridized carbons (Fsp3) is 0.240. The maximum Gasteiger partial charge on any atom is 0.249 e. The number of ether oxygens (including phenoxy) is 1. The van der Waals surface area contributed by atoms with E-state index in [1.54, 1.807) is 32.2 Å². The fourth-order valence-corrected chi connectivity index (χ4v) is 3.59. The van der Waals surface area contributed by atoms with Crippen molar-refractivity contribution in [3.05, 3.63) is 77.1 Å². The van der Waals surface area contributed by atoms with Crippen LogP contribution in [-0.4, -0.2) is 23.4 Å².